The van der Waals surface area contributed by atoms with Gasteiger partial charge in [0, 0.05) is 11.3 Å². The molecule has 0 atom stereocenters. The number of hydrogen-bond donors (Lipinski definition) is 1. The van der Waals surface area contributed by atoms with Crippen molar-refractivity contribution in [3.63, 3.8) is 0 Å². The predicted molar refractivity (Wildman–Crippen MR) is 103 cm³/mol. The Morgan fingerprint density at radius 1 is 0.889 bits per heavy atom. The molecule has 0 aromatic heterocycles. The number of carbonyl (C=O) groups is 1. The molecule has 0 spiro atoms. The molecule has 0 unspecified atom stereocenters. The van der Waals surface area contributed by atoms with Crippen LogP contribution in [0.1, 0.15) is 15.9 Å². The van der Waals surface area contributed by atoms with Crippen molar-refractivity contribution in [3.8, 4) is 17.2 Å². The van der Waals surface area contributed by atoms with Crippen molar-refractivity contribution in [2.24, 2.45) is 0 Å². The summed E-state index contributed by atoms with van der Waals surface area (Å²) in [6.45, 7) is 1.52. The Kier molecular flexibility index (Phi) is 4.92. The molecular weight excluding hydrogens is 342 g/mol. The third-order valence-corrected chi connectivity index (χ3v) is 4.16. The van der Waals surface area contributed by atoms with Crippen LogP contribution in [0.25, 0.3) is 0 Å². The fraction of sp³-hybridized carbons (Fsp3) is 0.136. The van der Waals surface area contributed by atoms with Gasteiger partial charge < -0.3 is 19.5 Å². The van der Waals surface area contributed by atoms with E-state index >= 15 is 0 Å². The number of carbonyl (C=O) groups excluding carboxylic acids is 1. The Bertz CT molecular complexity index is 923. The first kappa shape index (κ1) is 17.0. The van der Waals surface area contributed by atoms with E-state index in [1.165, 1.54) is 0 Å². The van der Waals surface area contributed by atoms with Crippen LogP contribution in [0.2, 0.25) is 0 Å². The van der Waals surface area contributed by atoms with E-state index in [2.05, 4.69) is 5.32 Å². The number of nitrogens with one attached hydrogen (secondary N) is 1. The minimum Gasteiger partial charge on any atom is -0.489 e. The van der Waals surface area contributed by atoms with Crippen molar-refractivity contribution in [3.05, 3.63) is 83.9 Å². The van der Waals surface area contributed by atoms with Crippen molar-refractivity contribution >= 4 is 11.6 Å². The van der Waals surface area contributed by atoms with Gasteiger partial charge in [0.05, 0.1) is 0 Å². The highest BCUT2D eigenvalue weighted by molar-refractivity contribution is 6.04. The molecule has 1 heterocycles. The molecule has 0 fully saturated rings. The highest BCUT2D eigenvalue weighted by atomic mass is 16.6. The lowest BCUT2D eigenvalue weighted by atomic mass is 10.1. The lowest BCUT2D eigenvalue weighted by Gasteiger charge is -2.18. The summed E-state index contributed by atoms with van der Waals surface area (Å²) in [5, 5.41) is 2.88. The summed E-state index contributed by atoms with van der Waals surface area (Å²) in [7, 11) is 0. The summed E-state index contributed by atoms with van der Waals surface area (Å²) in [6.07, 6.45) is 0. The average molecular weight is 361 g/mol. The molecule has 0 radical (unpaired) electrons. The van der Waals surface area contributed by atoms with Crippen molar-refractivity contribution in [2.75, 3.05) is 18.5 Å². The van der Waals surface area contributed by atoms with Crippen molar-refractivity contribution < 1.29 is 19.0 Å². The Hall–Kier alpha value is -3.47. The highest BCUT2D eigenvalue weighted by Crippen LogP contribution is 2.31. The number of anilines is 1. The molecule has 27 heavy (non-hydrogen) atoms. The van der Waals surface area contributed by atoms with Gasteiger partial charge in [0.15, 0.2) is 11.5 Å². The summed E-state index contributed by atoms with van der Waals surface area (Å²) < 4.78 is 16.8. The number of ether oxygens (including phenoxy) is 3. The third-order valence-electron chi connectivity index (χ3n) is 4.16. The maximum atomic E-state index is 12.5. The van der Waals surface area contributed by atoms with Gasteiger partial charge >= 0.3 is 0 Å². The van der Waals surface area contributed by atoms with Crippen molar-refractivity contribution in [1.29, 1.82) is 0 Å². The number of benzene rings is 3. The van der Waals surface area contributed by atoms with E-state index in [0.717, 1.165) is 11.3 Å². The largest absolute Gasteiger partial charge is 0.489 e. The van der Waals surface area contributed by atoms with Gasteiger partial charge in [0.25, 0.3) is 5.91 Å². The molecule has 1 aliphatic heterocycles. The molecule has 5 nitrogen and oxygen atoms in total. The van der Waals surface area contributed by atoms with Gasteiger partial charge in [-0.25, -0.2) is 0 Å². The van der Waals surface area contributed by atoms with Gasteiger partial charge in [-0.05, 0) is 48.0 Å². The summed E-state index contributed by atoms with van der Waals surface area (Å²) in [5.74, 6) is 1.80. The zero-order valence-corrected chi connectivity index (χ0v) is 14.7. The fourth-order valence-corrected chi connectivity index (χ4v) is 2.76. The molecule has 0 saturated carbocycles. The molecule has 1 aliphatic rings. The zero-order valence-electron chi connectivity index (χ0n) is 14.7. The summed E-state index contributed by atoms with van der Waals surface area (Å²) in [5.41, 5.74) is 2.32. The van der Waals surface area contributed by atoms with Crippen molar-refractivity contribution in [1.82, 2.24) is 0 Å². The smallest absolute Gasteiger partial charge is 0.255 e. The van der Waals surface area contributed by atoms with Crippen LogP contribution in [0, 0.1) is 0 Å². The van der Waals surface area contributed by atoms with E-state index in [9.17, 15) is 4.79 Å². The van der Waals surface area contributed by atoms with Crippen LogP contribution < -0.4 is 19.5 Å². The van der Waals surface area contributed by atoms with Gasteiger partial charge in [-0.15, -0.1) is 0 Å². The second kappa shape index (κ2) is 7.83. The van der Waals surface area contributed by atoms with Crippen LogP contribution >= 0.6 is 0 Å². The maximum Gasteiger partial charge on any atom is 0.255 e. The monoisotopic (exact) mass is 361 g/mol. The van der Waals surface area contributed by atoms with Crippen LogP contribution in [0.3, 0.4) is 0 Å². The van der Waals surface area contributed by atoms with Crippen LogP contribution in [-0.4, -0.2) is 19.1 Å². The highest BCUT2D eigenvalue weighted by Gasteiger charge is 2.15. The topological polar surface area (TPSA) is 56.8 Å². The number of fused-ring (bicyclic) bond motifs is 1. The summed E-state index contributed by atoms with van der Waals surface area (Å²) in [6, 6.07) is 22.4. The molecule has 136 valence electrons. The van der Waals surface area contributed by atoms with Crippen LogP contribution in [0.4, 0.5) is 5.69 Å². The Labute approximate surface area is 157 Å². The van der Waals surface area contributed by atoms with Gasteiger partial charge in [0.2, 0.25) is 0 Å². The van der Waals surface area contributed by atoms with Crippen LogP contribution in [-0.2, 0) is 6.61 Å². The first-order valence-electron chi connectivity index (χ1n) is 8.76. The van der Waals surface area contributed by atoms with E-state index in [4.69, 9.17) is 14.2 Å². The quantitative estimate of drug-likeness (QED) is 0.737. The molecule has 3 aromatic rings. The number of amides is 1. The van der Waals surface area contributed by atoms with E-state index in [1.807, 2.05) is 54.6 Å². The summed E-state index contributed by atoms with van der Waals surface area (Å²) in [4.78, 5) is 12.5. The molecule has 1 amide bonds. The standard InChI is InChI=1S/C22H19NO4/c24-22(17-6-11-20-21(14-17)26-13-12-25-20)23-18-7-9-19(10-8-18)27-15-16-4-2-1-3-5-16/h1-11,14H,12-13,15H2,(H,23,24). The molecule has 0 bridgehead atoms. The van der Waals surface area contributed by atoms with E-state index in [1.54, 1.807) is 18.2 Å². The molecule has 0 saturated heterocycles. The molecule has 5 heteroatoms. The van der Waals surface area contributed by atoms with Gasteiger partial charge in [-0.3, -0.25) is 4.79 Å². The second-order valence-electron chi connectivity index (χ2n) is 6.11. The molecule has 3 aromatic carbocycles. The number of hydrogen-bond acceptors (Lipinski definition) is 4. The Morgan fingerprint density at radius 3 is 2.41 bits per heavy atom. The Balaban J connectivity index is 1.37. The lowest BCUT2D eigenvalue weighted by molar-refractivity contribution is 0.102. The van der Waals surface area contributed by atoms with Gasteiger partial charge in [0.1, 0.15) is 25.6 Å². The fourth-order valence-electron chi connectivity index (χ4n) is 2.76. The molecule has 4 rings (SSSR count). The SMILES string of the molecule is O=C(Nc1ccc(OCc2ccccc2)cc1)c1ccc2c(c1)OCCO2. The predicted octanol–water partition coefficient (Wildman–Crippen LogP) is 4.29. The van der Waals surface area contributed by atoms with Crippen LogP contribution in [0.5, 0.6) is 17.2 Å². The van der Waals surface area contributed by atoms with Crippen LogP contribution in [0.15, 0.2) is 72.8 Å². The number of rotatable bonds is 5. The molecule has 0 aliphatic carbocycles. The van der Waals surface area contributed by atoms with Crippen molar-refractivity contribution in [2.45, 2.75) is 6.61 Å². The normalized spacial score (nSPS) is 12.3. The lowest BCUT2D eigenvalue weighted by Crippen LogP contribution is -2.17. The van der Waals surface area contributed by atoms with E-state index in [-0.39, 0.29) is 5.91 Å². The zero-order chi connectivity index (χ0) is 18.5. The molecular formula is C22H19NO4. The Morgan fingerprint density at radius 2 is 1.63 bits per heavy atom. The van der Waals surface area contributed by atoms with E-state index in [0.29, 0.717) is 42.6 Å². The first-order chi connectivity index (χ1) is 13.3. The molecule has 1 N–H and O–H groups in total. The van der Waals surface area contributed by atoms with E-state index < -0.39 is 0 Å². The average Bonchev–Trinajstić information content (AvgIpc) is 2.73. The van der Waals surface area contributed by atoms with Gasteiger partial charge in [-0.1, -0.05) is 30.3 Å². The third kappa shape index (κ3) is 4.20. The second-order valence-corrected chi connectivity index (χ2v) is 6.11. The summed E-state index contributed by atoms with van der Waals surface area (Å²) >= 11 is 0. The minimum atomic E-state index is -0.204. The maximum absolute atomic E-state index is 12.5. The minimum absolute atomic E-state index is 0.204. The first-order valence-corrected chi connectivity index (χ1v) is 8.76. The van der Waals surface area contributed by atoms with Gasteiger partial charge in [-0.2, -0.15) is 0 Å².